The molecule has 0 unspecified atom stereocenters. The summed E-state index contributed by atoms with van der Waals surface area (Å²) in [5.41, 5.74) is 1.05. The lowest BCUT2D eigenvalue weighted by Crippen LogP contribution is -2.37. The lowest BCUT2D eigenvalue weighted by Gasteiger charge is -2.15. The lowest BCUT2D eigenvalue weighted by atomic mass is 10.1. The Kier molecular flexibility index (Phi) is 4.45. The van der Waals surface area contributed by atoms with Crippen LogP contribution in [0.2, 0.25) is 0 Å². The average molecular weight is 303 g/mol. The number of hydrogen-bond acceptors (Lipinski definition) is 5. The van der Waals surface area contributed by atoms with E-state index in [1.807, 2.05) is 0 Å². The van der Waals surface area contributed by atoms with Gasteiger partial charge in [-0.2, -0.15) is 4.99 Å². The Balaban J connectivity index is 2.34. The Morgan fingerprint density at radius 3 is 2.64 bits per heavy atom. The molecular formula is C15H17N3O4. The zero-order valence-corrected chi connectivity index (χ0v) is 12.8. The predicted octanol–water partition coefficient (Wildman–Crippen LogP) is 1.01. The molecule has 1 aliphatic rings. The molecule has 0 bridgehead atoms. The Hall–Kier alpha value is -2.83. The van der Waals surface area contributed by atoms with Gasteiger partial charge in [0.2, 0.25) is 11.9 Å². The van der Waals surface area contributed by atoms with Crippen molar-refractivity contribution in [3.63, 3.8) is 0 Å². The molecule has 22 heavy (non-hydrogen) atoms. The maximum absolute atomic E-state index is 12.0. The van der Waals surface area contributed by atoms with E-state index in [2.05, 4.69) is 10.3 Å². The van der Waals surface area contributed by atoms with Crippen molar-refractivity contribution >= 4 is 23.8 Å². The first-order valence-electron chi connectivity index (χ1n) is 6.54. The van der Waals surface area contributed by atoms with Crippen LogP contribution in [0, 0.1) is 0 Å². The number of amides is 2. The Labute approximate surface area is 128 Å². The van der Waals surface area contributed by atoms with E-state index in [4.69, 9.17) is 9.47 Å². The second-order valence-electron chi connectivity index (χ2n) is 4.62. The van der Waals surface area contributed by atoms with Crippen LogP contribution in [0.1, 0.15) is 12.5 Å². The van der Waals surface area contributed by atoms with E-state index in [9.17, 15) is 9.59 Å². The van der Waals surface area contributed by atoms with Crippen molar-refractivity contribution in [2.24, 2.45) is 4.99 Å². The highest BCUT2D eigenvalue weighted by molar-refractivity contribution is 6.15. The lowest BCUT2D eigenvalue weighted by molar-refractivity contribution is -0.117. The molecule has 0 saturated carbocycles. The van der Waals surface area contributed by atoms with E-state index >= 15 is 0 Å². The standard InChI is InChI=1S/C15H17N3O4/c1-9(19)16-15-17-14(20)12(18(15)2)7-10-5-6-11(21-3)8-13(10)22-4/h5-8H,1-4H3,(H,16,17,19,20). The molecule has 2 amide bonds. The number of guanidine groups is 1. The van der Waals surface area contributed by atoms with Gasteiger partial charge in [0.25, 0.3) is 5.91 Å². The molecule has 0 aliphatic carbocycles. The maximum Gasteiger partial charge on any atom is 0.296 e. The minimum atomic E-state index is -0.427. The van der Waals surface area contributed by atoms with Crippen LogP contribution in [-0.4, -0.2) is 43.9 Å². The van der Waals surface area contributed by atoms with Gasteiger partial charge in [-0.25, -0.2) is 0 Å². The minimum absolute atomic E-state index is 0.205. The first-order chi connectivity index (χ1) is 10.5. The largest absolute Gasteiger partial charge is 0.497 e. The molecule has 0 fully saturated rings. The monoisotopic (exact) mass is 303 g/mol. The normalized spacial score (nSPS) is 15.8. The third-order valence-electron chi connectivity index (χ3n) is 3.13. The molecule has 7 heteroatoms. The number of carbonyl (C=O) groups excluding carboxylic acids is 2. The van der Waals surface area contributed by atoms with E-state index in [0.29, 0.717) is 22.8 Å². The summed E-state index contributed by atoms with van der Waals surface area (Å²) in [4.78, 5) is 28.4. The van der Waals surface area contributed by atoms with Crippen LogP contribution in [0.25, 0.3) is 6.08 Å². The predicted molar refractivity (Wildman–Crippen MR) is 81.5 cm³/mol. The Bertz CT molecular complexity index is 679. The number of ether oxygens (including phenoxy) is 2. The van der Waals surface area contributed by atoms with Crippen molar-refractivity contribution in [1.29, 1.82) is 0 Å². The molecule has 0 radical (unpaired) electrons. The summed E-state index contributed by atoms with van der Waals surface area (Å²) in [5.74, 6) is 0.711. The van der Waals surface area contributed by atoms with Crippen molar-refractivity contribution in [1.82, 2.24) is 10.2 Å². The molecule has 1 aromatic rings. The zero-order chi connectivity index (χ0) is 16.3. The van der Waals surface area contributed by atoms with E-state index in [0.717, 1.165) is 0 Å². The molecular weight excluding hydrogens is 286 g/mol. The number of carbonyl (C=O) groups is 2. The Morgan fingerprint density at radius 1 is 1.32 bits per heavy atom. The van der Waals surface area contributed by atoms with Crippen molar-refractivity contribution in [3.05, 3.63) is 29.5 Å². The van der Waals surface area contributed by atoms with Gasteiger partial charge in [0.1, 0.15) is 17.2 Å². The van der Waals surface area contributed by atoms with Crippen molar-refractivity contribution in [3.8, 4) is 11.5 Å². The summed E-state index contributed by atoms with van der Waals surface area (Å²) in [6.45, 7) is 1.36. The van der Waals surface area contributed by atoms with Crippen molar-refractivity contribution in [2.45, 2.75) is 6.92 Å². The maximum atomic E-state index is 12.0. The second-order valence-corrected chi connectivity index (χ2v) is 4.62. The van der Waals surface area contributed by atoms with E-state index < -0.39 is 5.91 Å². The third-order valence-corrected chi connectivity index (χ3v) is 3.13. The van der Waals surface area contributed by atoms with Crippen molar-refractivity contribution < 1.29 is 19.1 Å². The van der Waals surface area contributed by atoms with E-state index in [1.165, 1.54) is 18.9 Å². The molecule has 0 atom stereocenters. The number of nitrogens with zero attached hydrogens (tertiary/aromatic N) is 2. The summed E-state index contributed by atoms with van der Waals surface area (Å²) >= 11 is 0. The summed E-state index contributed by atoms with van der Waals surface area (Å²) in [7, 11) is 4.76. The molecule has 7 nitrogen and oxygen atoms in total. The first-order valence-corrected chi connectivity index (χ1v) is 6.54. The van der Waals surface area contributed by atoms with Gasteiger partial charge in [-0.05, 0) is 18.2 Å². The molecule has 1 N–H and O–H groups in total. The fraction of sp³-hybridized carbons (Fsp3) is 0.267. The van der Waals surface area contributed by atoms with Crippen LogP contribution >= 0.6 is 0 Å². The molecule has 1 aliphatic heterocycles. The SMILES string of the molecule is COc1ccc(C=C2C(=O)N=C(NC(C)=O)N2C)c(OC)c1. The van der Waals surface area contributed by atoms with E-state index in [1.54, 1.807) is 38.4 Å². The fourth-order valence-corrected chi connectivity index (χ4v) is 2.00. The van der Waals surface area contributed by atoms with Crippen LogP contribution in [-0.2, 0) is 9.59 Å². The topological polar surface area (TPSA) is 80.2 Å². The highest BCUT2D eigenvalue weighted by Crippen LogP contribution is 2.28. The van der Waals surface area contributed by atoms with Crippen LogP contribution < -0.4 is 14.8 Å². The number of aliphatic imine (C=N–C) groups is 1. The third kappa shape index (κ3) is 3.08. The first kappa shape index (κ1) is 15.6. The number of likely N-dealkylation sites (N-methyl/N-ethyl adjacent to an activating group) is 1. The minimum Gasteiger partial charge on any atom is -0.497 e. The summed E-state index contributed by atoms with van der Waals surface area (Å²) < 4.78 is 10.4. The molecule has 0 saturated heterocycles. The molecule has 0 spiro atoms. The van der Waals surface area contributed by atoms with Gasteiger partial charge < -0.3 is 14.4 Å². The number of nitrogens with one attached hydrogen (secondary N) is 1. The Morgan fingerprint density at radius 2 is 2.05 bits per heavy atom. The molecule has 2 rings (SSSR count). The fourth-order valence-electron chi connectivity index (χ4n) is 2.00. The number of methoxy groups -OCH3 is 2. The quantitative estimate of drug-likeness (QED) is 0.843. The highest BCUT2D eigenvalue weighted by Gasteiger charge is 2.27. The summed E-state index contributed by atoms with van der Waals surface area (Å²) in [6.07, 6.45) is 1.65. The molecule has 116 valence electrons. The van der Waals surface area contributed by atoms with Gasteiger partial charge in [-0.1, -0.05) is 0 Å². The zero-order valence-electron chi connectivity index (χ0n) is 12.8. The van der Waals surface area contributed by atoms with Crippen LogP contribution in [0.15, 0.2) is 28.9 Å². The molecule has 0 aromatic heterocycles. The number of hydrogen-bond donors (Lipinski definition) is 1. The smallest absolute Gasteiger partial charge is 0.296 e. The van der Waals surface area contributed by atoms with Crippen LogP contribution in [0.5, 0.6) is 11.5 Å². The number of rotatable bonds is 3. The number of benzene rings is 1. The average Bonchev–Trinajstić information content (AvgIpc) is 2.74. The van der Waals surface area contributed by atoms with Gasteiger partial charge in [-0.15, -0.1) is 0 Å². The van der Waals surface area contributed by atoms with Crippen molar-refractivity contribution in [2.75, 3.05) is 21.3 Å². The van der Waals surface area contributed by atoms with Crippen LogP contribution in [0.3, 0.4) is 0 Å². The summed E-state index contributed by atoms with van der Waals surface area (Å²) in [5, 5.41) is 2.51. The summed E-state index contributed by atoms with van der Waals surface area (Å²) in [6, 6.07) is 5.27. The highest BCUT2D eigenvalue weighted by atomic mass is 16.5. The van der Waals surface area contributed by atoms with Gasteiger partial charge in [0, 0.05) is 25.6 Å². The molecule has 1 aromatic carbocycles. The van der Waals surface area contributed by atoms with Gasteiger partial charge in [0.05, 0.1) is 14.2 Å². The van der Waals surface area contributed by atoms with Gasteiger partial charge in [0.15, 0.2) is 0 Å². The molecule has 1 heterocycles. The van der Waals surface area contributed by atoms with Gasteiger partial charge in [-0.3, -0.25) is 14.9 Å². The second kappa shape index (κ2) is 6.30. The van der Waals surface area contributed by atoms with E-state index in [-0.39, 0.29) is 11.9 Å². The van der Waals surface area contributed by atoms with Gasteiger partial charge >= 0.3 is 0 Å². The van der Waals surface area contributed by atoms with Crippen LogP contribution in [0.4, 0.5) is 0 Å².